The number of nitrogens with two attached hydrogens (primary N) is 1. The second-order valence-corrected chi connectivity index (χ2v) is 5.25. The molecule has 0 saturated carbocycles. The Kier molecular flexibility index (Phi) is 3.12. The lowest BCUT2D eigenvalue weighted by Crippen LogP contribution is -2.03. The fourth-order valence-electron chi connectivity index (χ4n) is 2.15. The first-order valence-electron chi connectivity index (χ1n) is 6.08. The van der Waals surface area contributed by atoms with E-state index in [4.69, 9.17) is 5.73 Å². The number of H-pyrrole nitrogens is 2. The molecule has 0 aliphatic carbocycles. The van der Waals surface area contributed by atoms with Gasteiger partial charge in [-0.15, -0.1) is 0 Å². The van der Waals surface area contributed by atoms with E-state index in [2.05, 4.69) is 42.2 Å². The zero-order chi connectivity index (χ0) is 13.4. The smallest absolute Gasteiger partial charge is 0.107 e. The van der Waals surface area contributed by atoms with Crippen molar-refractivity contribution in [2.24, 2.45) is 5.73 Å². The van der Waals surface area contributed by atoms with Crippen LogP contribution in [0.15, 0.2) is 22.7 Å². The summed E-state index contributed by atoms with van der Waals surface area (Å²) in [6.45, 7) is 2.54. The molecule has 0 aliphatic rings. The first-order chi connectivity index (χ1) is 9.19. The van der Waals surface area contributed by atoms with E-state index < -0.39 is 0 Å². The Morgan fingerprint density at radius 1 is 1.37 bits per heavy atom. The molecule has 4 N–H and O–H groups in total. The van der Waals surface area contributed by atoms with Crippen molar-refractivity contribution in [3.8, 4) is 11.3 Å². The molecule has 0 atom stereocenters. The van der Waals surface area contributed by atoms with Gasteiger partial charge < -0.3 is 10.7 Å². The van der Waals surface area contributed by atoms with Crippen LogP contribution in [0, 0.1) is 6.92 Å². The number of rotatable bonds is 3. The lowest BCUT2D eigenvalue weighted by Gasteiger charge is -1.99. The topological polar surface area (TPSA) is 83.4 Å². The molecule has 0 fully saturated rings. The highest BCUT2D eigenvalue weighted by Gasteiger charge is 2.12. The second kappa shape index (κ2) is 4.79. The van der Waals surface area contributed by atoms with Gasteiger partial charge in [-0.25, -0.2) is 4.98 Å². The average Bonchev–Trinajstić information content (AvgIpc) is 2.92. The summed E-state index contributed by atoms with van der Waals surface area (Å²) in [5, 5.41) is 7.38. The minimum atomic E-state index is 0.596. The highest BCUT2D eigenvalue weighted by molar-refractivity contribution is 9.10. The van der Waals surface area contributed by atoms with Gasteiger partial charge in [0.25, 0.3) is 0 Å². The van der Waals surface area contributed by atoms with E-state index in [-0.39, 0.29) is 0 Å². The number of aromatic nitrogens is 4. The number of halogens is 1. The Hall–Kier alpha value is -1.66. The first-order valence-corrected chi connectivity index (χ1v) is 6.88. The molecule has 0 bridgehead atoms. The minimum Gasteiger partial charge on any atom is -0.342 e. The number of hydrogen-bond acceptors (Lipinski definition) is 3. The van der Waals surface area contributed by atoms with Crippen LogP contribution in [0.1, 0.15) is 11.5 Å². The molecule has 0 aliphatic heterocycles. The molecule has 0 saturated heterocycles. The van der Waals surface area contributed by atoms with E-state index in [0.29, 0.717) is 6.54 Å². The number of nitrogens with one attached hydrogen (secondary N) is 2. The Labute approximate surface area is 118 Å². The highest BCUT2D eigenvalue weighted by atomic mass is 79.9. The number of fused-ring (bicyclic) bond motifs is 1. The van der Waals surface area contributed by atoms with E-state index in [1.165, 1.54) is 0 Å². The van der Waals surface area contributed by atoms with Crippen LogP contribution in [0.4, 0.5) is 0 Å². The van der Waals surface area contributed by atoms with Crippen LogP contribution in [0.5, 0.6) is 0 Å². The third-order valence-electron chi connectivity index (χ3n) is 3.04. The van der Waals surface area contributed by atoms with Crippen molar-refractivity contribution < 1.29 is 0 Å². The summed E-state index contributed by atoms with van der Waals surface area (Å²) < 4.78 is 0.980. The minimum absolute atomic E-state index is 0.596. The van der Waals surface area contributed by atoms with Gasteiger partial charge in [-0.3, -0.25) is 5.10 Å². The molecule has 98 valence electrons. The molecule has 0 spiro atoms. The molecule has 0 unspecified atom stereocenters. The highest BCUT2D eigenvalue weighted by Crippen LogP contribution is 2.30. The third-order valence-corrected chi connectivity index (χ3v) is 3.90. The Bertz CT molecular complexity index is 728. The van der Waals surface area contributed by atoms with Gasteiger partial charge in [0.05, 0.1) is 21.2 Å². The quantitative estimate of drug-likeness (QED) is 0.693. The van der Waals surface area contributed by atoms with Crippen LogP contribution in [0.2, 0.25) is 0 Å². The Balaban J connectivity index is 2.08. The van der Waals surface area contributed by atoms with Crippen LogP contribution in [0.25, 0.3) is 22.3 Å². The lowest BCUT2D eigenvalue weighted by molar-refractivity contribution is 0.898. The normalized spacial score (nSPS) is 11.3. The van der Waals surface area contributed by atoms with Gasteiger partial charge in [0, 0.05) is 12.0 Å². The molecular formula is C13H14BrN5. The number of aryl methyl sites for hydroxylation is 1. The summed E-state index contributed by atoms with van der Waals surface area (Å²) >= 11 is 3.58. The summed E-state index contributed by atoms with van der Waals surface area (Å²) in [7, 11) is 0. The fourth-order valence-corrected chi connectivity index (χ4v) is 2.75. The van der Waals surface area contributed by atoms with Gasteiger partial charge in [0.2, 0.25) is 0 Å². The number of benzene rings is 1. The zero-order valence-corrected chi connectivity index (χ0v) is 12.1. The van der Waals surface area contributed by atoms with Crippen molar-refractivity contribution in [3.05, 3.63) is 34.2 Å². The molecule has 0 amide bonds. The molecule has 2 heterocycles. The van der Waals surface area contributed by atoms with Crippen molar-refractivity contribution in [3.63, 3.8) is 0 Å². The number of aromatic amines is 2. The molecule has 19 heavy (non-hydrogen) atoms. The van der Waals surface area contributed by atoms with E-state index in [1.54, 1.807) is 0 Å². The van der Waals surface area contributed by atoms with Crippen molar-refractivity contribution >= 4 is 27.0 Å². The van der Waals surface area contributed by atoms with Crippen LogP contribution in [-0.2, 0) is 6.42 Å². The molecule has 5 nitrogen and oxygen atoms in total. The summed E-state index contributed by atoms with van der Waals surface area (Å²) in [6, 6.07) is 6.08. The number of imidazole rings is 1. The monoisotopic (exact) mass is 319 g/mol. The van der Waals surface area contributed by atoms with Gasteiger partial charge >= 0.3 is 0 Å². The van der Waals surface area contributed by atoms with Crippen molar-refractivity contribution in [1.29, 1.82) is 0 Å². The molecule has 1 aromatic carbocycles. The standard InChI is InChI=1S/C13H14BrN5/c1-7-16-9-3-2-8(6-11(9)17-7)13-12(14)10(4-5-15)18-19-13/h2-3,6H,4-5,15H2,1H3,(H,16,17)(H,18,19). The zero-order valence-electron chi connectivity index (χ0n) is 10.5. The maximum absolute atomic E-state index is 5.57. The largest absolute Gasteiger partial charge is 0.342 e. The van der Waals surface area contributed by atoms with Crippen molar-refractivity contribution in [2.75, 3.05) is 6.54 Å². The van der Waals surface area contributed by atoms with E-state index in [9.17, 15) is 0 Å². The lowest BCUT2D eigenvalue weighted by atomic mass is 10.1. The molecule has 3 aromatic rings. The van der Waals surface area contributed by atoms with Crippen LogP contribution in [0.3, 0.4) is 0 Å². The SMILES string of the molecule is Cc1nc2ccc(-c3n[nH]c(CCN)c3Br)cc2[nH]1. The maximum atomic E-state index is 5.57. The van der Waals surface area contributed by atoms with Crippen molar-refractivity contribution in [2.45, 2.75) is 13.3 Å². The van der Waals surface area contributed by atoms with Gasteiger partial charge in [0.1, 0.15) is 11.5 Å². The Morgan fingerprint density at radius 3 is 3.00 bits per heavy atom. The summed E-state index contributed by atoms with van der Waals surface area (Å²) in [5.41, 5.74) is 10.5. The molecule has 2 aromatic heterocycles. The average molecular weight is 320 g/mol. The van der Waals surface area contributed by atoms with Crippen LogP contribution in [-0.4, -0.2) is 26.7 Å². The van der Waals surface area contributed by atoms with Crippen LogP contribution < -0.4 is 5.73 Å². The van der Waals surface area contributed by atoms with Gasteiger partial charge in [0.15, 0.2) is 0 Å². The molecular weight excluding hydrogens is 306 g/mol. The first kappa shape index (κ1) is 12.4. The second-order valence-electron chi connectivity index (χ2n) is 4.46. The molecule has 0 radical (unpaired) electrons. The van der Waals surface area contributed by atoms with Gasteiger partial charge in [-0.1, -0.05) is 6.07 Å². The van der Waals surface area contributed by atoms with E-state index >= 15 is 0 Å². The van der Waals surface area contributed by atoms with Crippen molar-refractivity contribution in [1.82, 2.24) is 20.2 Å². The fraction of sp³-hybridized carbons (Fsp3) is 0.231. The summed E-state index contributed by atoms with van der Waals surface area (Å²) in [4.78, 5) is 7.63. The summed E-state index contributed by atoms with van der Waals surface area (Å²) in [5.74, 6) is 0.914. The molecule has 3 rings (SSSR count). The number of nitrogens with zero attached hydrogens (tertiary/aromatic N) is 2. The predicted octanol–water partition coefficient (Wildman–Crippen LogP) is 2.53. The van der Waals surface area contributed by atoms with Gasteiger partial charge in [-0.05, 0) is 41.5 Å². The predicted molar refractivity (Wildman–Crippen MR) is 78.9 cm³/mol. The van der Waals surface area contributed by atoms with Gasteiger partial charge in [-0.2, -0.15) is 5.10 Å². The van der Waals surface area contributed by atoms with E-state index in [0.717, 1.165) is 44.7 Å². The third kappa shape index (κ3) is 2.17. The Morgan fingerprint density at radius 2 is 2.21 bits per heavy atom. The maximum Gasteiger partial charge on any atom is 0.107 e. The van der Waals surface area contributed by atoms with E-state index in [1.807, 2.05) is 19.1 Å². The number of hydrogen-bond donors (Lipinski definition) is 3. The summed E-state index contributed by atoms with van der Waals surface area (Å²) in [6.07, 6.45) is 0.777. The van der Waals surface area contributed by atoms with Crippen LogP contribution >= 0.6 is 15.9 Å². The molecule has 6 heteroatoms.